The Hall–Kier alpha value is -2.92. The number of carbonyl (C=O) groups excluding carboxylic acids is 1. The SMILES string of the molecule is Cc1ccccc1-c1ccc(NC(=O)CCN)cc1-c1ccon1. The van der Waals surface area contributed by atoms with Gasteiger partial charge in [-0.3, -0.25) is 4.79 Å². The molecule has 24 heavy (non-hydrogen) atoms. The Morgan fingerprint density at radius 1 is 1.12 bits per heavy atom. The largest absolute Gasteiger partial charge is 0.364 e. The molecule has 0 aliphatic rings. The van der Waals surface area contributed by atoms with Crippen molar-refractivity contribution in [3.63, 3.8) is 0 Å². The van der Waals surface area contributed by atoms with Crippen LogP contribution in [0.2, 0.25) is 0 Å². The fourth-order valence-corrected chi connectivity index (χ4v) is 2.65. The van der Waals surface area contributed by atoms with Crippen LogP contribution in [0.1, 0.15) is 12.0 Å². The molecule has 0 saturated heterocycles. The number of aromatic nitrogens is 1. The molecule has 5 heteroatoms. The van der Waals surface area contributed by atoms with Crippen molar-refractivity contribution in [2.24, 2.45) is 5.73 Å². The van der Waals surface area contributed by atoms with Crippen molar-refractivity contribution in [1.82, 2.24) is 5.16 Å². The lowest BCUT2D eigenvalue weighted by Crippen LogP contribution is -2.16. The molecule has 0 aliphatic carbocycles. The monoisotopic (exact) mass is 321 g/mol. The van der Waals surface area contributed by atoms with E-state index in [-0.39, 0.29) is 5.91 Å². The first-order chi connectivity index (χ1) is 11.7. The highest BCUT2D eigenvalue weighted by molar-refractivity contribution is 5.93. The van der Waals surface area contributed by atoms with Gasteiger partial charge in [0.05, 0.1) is 0 Å². The Balaban J connectivity index is 2.06. The molecule has 0 unspecified atom stereocenters. The summed E-state index contributed by atoms with van der Waals surface area (Å²) in [4.78, 5) is 11.8. The minimum atomic E-state index is -0.104. The minimum absolute atomic E-state index is 0.104. The van der Waals surface area contributed by atoms with Gasteiger partial charge in [0.15, 0.2) is 0 Å². The van der Waals surface area contributed by atoms with Crippen LogP contribution in [0.5, 0.6) is 0 Å². The zero-order chi connectivity index (χ0) is 16.9. The van der Waals surface area contributed by atoms with Crippen molar-refractivity contribution >= 4 is 11.6 Å². The summed E-state index contributed by atoms with van der Waals surface area (Å²) < 4.78 is 5.00. The van der Waals surface area contributed by atoms with E-state index in [1.165, 1.54) is 11.8 Å². The highest BCUT2D eigenvalue weighted by atomic mass is 16.5. The fraction of sp³-hybridized carbons (Fsp3) is 0.158. The normalized spacial score (nSPS) is 10.6. The van der Waals surface area contributed by atoms with E-state index in [1.807, 2.05) is 36.4 Å². The predicted molar refractivity (Wildman–Crippen MR) is 94.4 cm³/mol. The summed E-state index contributed by atoms with van der Waals surface area (Å²) in [6, 6.07) is 15.8. The lowest BCUT2D eigenvalue weighted by molar-refractivity contribution is -0.116. The molecule has 0 bridgehead atoms. The Bertz CT molecular complexity index is 842. The first kappa shape index (κ1) is 16.0. The quantitative estimate of drug-likeness (QED) is 0.752. The van der Waals surface area contributed by atoms with E-state index in [0.717, 1.165) is 22.4 Å². The number of hydrogen-bond acceptors (Lipinski definition) is 4. The van der Waals surface area contributed by atoms with Gasteiger partial charge in [0.2, 0.25) is 5.91 Å². The van der Waals surface area contributed by atoms with Gasteiger partial charge >= 0.3 is 0 Å². The summed E-state index contributed by atoms with van der Waals surface area (Å²) in [7, 11) is 0. The maximum absolute atomic E-state index is 11.8. The molecular weight excluding hydrogens is 302 g/mol. The molecule has 1 heterocycles. The van der Waals surface area contributed by atoms with E-state index in [0.29, 0.717) is 18.7 Å². The molecule has 3 aromatic rings. The van der Waals surface area contributed by atoms with Crippen molar-refractivity contribution in [2.75, 3.05) is 11.9 Å². The van der Waals surface area contributed by atoms with E-state index >= 15 is 0 Å². The summed E-state index contributed by atoms with van der Waals surface area (Å²) >= 11 is 0. The topological polar surface area (TPSA) is 81.2 Å². The number of anilines is 1. The minimum Gasteiger partial charge on any atom is -0.364 e. The van der Waals surface area contributed by atoms with Gasteiger partial charge in [-0.05, 0) is 35.7 Å². The van der Waals surface area contributed by atoms with Crippen molar-refractivity contribution in [1.29, 1.82) is 0 Å². The molecule has 0 fully saturated rings. The molecule has 0 atom stereocenters. The second-order valence-corrected chi connectivity index (χ2v) is 5.55. The Morgan fingerprint density at radius 2 is 1.96 bits per heavy atom. The van der Waals surface area contributed by atoms with Gasteiger partial charge < -0.3 is 15.6 Å². The second-order valence-electron chi connectivity index (χ2n) is 5.55. The number of nitrogens with one attached hydrogen (secondary N) is 1. The molecule has 1 amide bonds. The van der Waals surface area contributed by atoms with E-state index in [1.54, 1.807) is 0 Å². The highest BCUT2D eigenvalue weighted by Crippen LogP contribution is 2.35. The van der Waals surface area contributed by atoms with Gasteiger partial charge in [-0.15, -0.1) is 0 Å². The van der Waals surface area contributed by atoms with E-state index in [2.05, 4.69) is 29.5 Å². The molecule has 3 N–H and O–H groups in total. The Kier molecular flexibility index (Phi) is 4.72. The predicted octanol–water partition coefficient (Wildman–Crippen LogP) is 3.60. The number of nitrogens with two attached hydrogens (primary N) is 1. The molecule has 0 radical (unpaired) electrons. The van der Waals surface area contributed by atoms with Crippen LogP contribution in [0.25, 0.3) is 22.4 Å². The third-order valence-electron chi connectivity index (χ3n) is 3.82. The van der Waals surface area contributed by atoms with Gasteiger partial charge in [0.25, 0.3) is 0 Å². The standard InChI is InChI=1S/C19H19N3O2/c1-13-4-2-3-5-15(13)16-7-6-14(21-19(23)8-10-20)12-17(16)18-9-11-24-22-18/h2-7,9,11-12H,8,10,20H2,1H3,(H,21,23). The summed E-state index contributed by atoms with van der Waals surface area (Å²) in [5.74, 6) is -0.104. The average molecular weight is 321 g/mol. The Labute approximate surface area is 140 Å². The lowest BCUT2D eigenvalue weighted by atomic mass is 9.94. The zero-order valence-corrected chi connectivity index (χ0v) is 13.5. The highest BCUT2D eigenvalue weighted by Gasteiger charge is 2.13. The summed E-state index contributed by atoms with van der Waals surface area (Å²) in [5, 5.41) is 6.91. The molecule has 0 aliphatic heterocycles. The van der Waals surface area contributed by atoms with Crippen molar-refractivity contribution in [3.8, 4) is 22.4 Å². The zero-order valence-electron chi connectivity index (χ0n) is 13.5. The van der Waals surface area contributed by atoms with Gasteiger partial charge in [-0.25, -0.2) is 0 Å². The van der Waals surface area contributed by atoms with Crippen molar-refractivity contribution in [2.45, 2.75) is 13.3 Å². The van der Waals surface area contributed by atoms with Crippen LogP contribution in [-0.2, 0) is 4.79 Å². The first-order valence-corrected chi connectivity index (χ1v) is 7.80. The summed E-state index contributed by atoms with van der Waals surface area (Å²) in [6.45, 7) is 2.39. The summed E-state index contributed by atoms with van der Waals surface area (Å²) in [6.07, 6.45) is 1.83. The lowest BCUT2D eigenvalue weighted by Gasteiger charge is -2.13. The number of carbonyl (C=O) groups is 1. The molecular formula is C19H19N3O2. The molecule has 0 saturated carbocycles. The van der Waals surface area contributed by atoms with Gasteiger partial charge in [0, 0.05) is 30.3 Å². The maximum Gasteiger partial charge on any atom is 0.225 e. The Morgan fingerprint density at radius 3 is 2.67 bits per heavy atom. The molecule has 0 spiro atoms. The van der Waals surface area contributed by atoms with Gasteiger partial charge in [0.1, 0.15) is 12.0 Å². The van der Waals surface area contributed by atoms with Crippen LogP contribution in [0.4, 0.5) is 5.69 Å². The van der Waals surface area contributed by atoms with E-state index in [4.69, 9.17) is 10.3 Å². The molecule has 3 rings (SSSR count). The van der Waals surface area contributed by atoms with Crippen LogP contribution < -0.4 is 11.1 Å². The van der Waals surface area contributed by atoms with Crippen LogP contribution in [-0.4, -0.2) is 17.6 Å². The van der Waals surface area contributed by atoms with Gasteiger partial charge in [-0.2, -0.15) is 0 Å². The van der Waals surface area contributed by atoms with Crippen LogP contribution in [0.15, 0.2) is 59.3 Å². The third-order valence-corrected chi connectivity index (χ3v) is 3.82. The van der Waals surface area contributed by atoms with Crippen LogP contribution in [0.3, 0.4) is 0 Å². The van der Waals surface area contributed by atoms with Crippen molar-refractivity contribution < 1.29 is 9.32 Å². The molecule has 5 nitrogen and oxygen atoms in total. The molecule has 2 aromatic carbocycles. The number of nitrogens with zero attached hydrogens (tertiary/aromatic N) is 1. The maximum atomic E-state index is 11.8. The fourth-order valence-electron chi connectivity index (χ4n) is 2.65. The third kappa shape index (κ3) is 3.36. The van der Waals surface area contributed by atoms with Crippen LogP contribution in [0, 0.1) is 6.92 Å². The van der Waals surface area contributed by atoms with Crippen molar-refractivity contribution in [3.05, 3.63) is 60.4 Å². The number of amides is 1. The van der Waals surface area contributed by atoms with E-state index < -0.39 is 0 Å². The first-order valence-electron chi connectivity index (χ1n) is 7.80. The number of hydrogen-bond donors (Lipinski definition) is 2. The van der Waals surface area contributed by atoms with Crippen LogP contribution >= 0.6 is 0 Å². The number of benzene rings is 2. The van der Waals surface area contributed by atoms with E-state index in [9.17, 15) is 4.79 Å². The summed E-state index contributed by atoms with van der Waals surface area (Å²) in [5.41, 5.74) is 11.1. The second kappa shape index (κ2) is 7.10. The number of aryl methyl sites for hydroxylation is 1. The smallest absolute Gasteiger partial charge is 0.225 e. The average Bonchev–Trinajstić information content (AvgIpc) is 3.10. The molecule has 122 valence electrons. The number of rotatable bonds is 5. The molecule has 1 aromatic heterocycles. The van der Waals surface area contributed by atoms with Gasteiger partial charge in [-0.1, -0.05) is 35.5 Å².